The Kier molecular flexibility index (Phi) is 4.92. The highest BCUT2D eigenvalue weighted by molar-refractivity contribution is 5.89. The first kappa shape index (κ1) is 17.5. The Balaban J connectivity index is 2.41. The molecule has 1 amide bonds. The van der Waals surface area contributed by atoms with Crippen molar-refractivity contribution in [3.63, 3.8) is 0 Å². The van der Waals surface area contributed by atoms with Crippen molar-refractivity contribution in [3.8, 4) is 5.75 Å². The quantitative estimate of drug-likeness (QED) is 0.792. The normalized spacial score (nSPS) is 12.0. The largest absolute Gasteiger partial charge is 0.548 e. The van der Waals surface area contributed by atoms with Crippen LogP contribution in [0.4, 0.5) is 0 Å². The fourth-order valence-corrected chi connectivity index (χ4v) is 2.33. The lowest BCUT2D eigenvalue weighted by atomic mass is 10.0. The van der Waals surface area contributed by atoms with Crippen molar-refractivity contribution >= 4 is 22.8 Å². The monoisotopic (exact) mass is 332 g/mol. The third-order valence-electron chi connectivity index (χ3n) is 3.74. The SMILES string of the molecule is Cc1cc(O[C@@H](C)C(=O)NCC(=O)[O-])c2c(C)c(C)c(=O)oc2c1. The van der Waals surface area contributed by atoms with Crippen molar-refractivity contribution in [1.82, 2.24) is 5.32 Å². The van der Waals surface area contributed by atoms with Gasteiger partial charge in [0, 0.05) is 5.56 Å². The highest BCUT2D eigenvalue weighted by Crippen LogP contribution is 2.31. The zero-order valence-electron chi connectivity index (χ0n) is 13.9. The highest BCUT2D eigenvalue weighted by Gasteiger charge is 2.19. The molecule has 1 aromatic carbocycles. The summed E-state index contributed by atoms with van der Waals surface area (Å²) in [5.41, 5.74) is 1.92. The summed E-state index contributed by atoms with van der Waals surface area (Å²) in [7, 11) is 0. The first-order valence-corrected chi connectivity index (χ1v) is 7.39. The molecule has 0 aliphatic heterocycles. The van der Waals surface area contributed by atoms with E-state index in [2.05, 4.69) is 5.32 Å². The number of hydrogen-bond acceptors (Lipinski definition) is 6. The molecule has 1 N–H and O–H groups in total. The average molecular weight is 332 g/mol. The first-order chi connectivity index (χ1) is 11.2. The van der Waals surface area contributed by atoms with Crippen molar-refractivity contribution in [2.24, 2.45) is 0 Å². The van der Waals surface area contributed by atoms with E-state index in [9.17, 15) is 19.5 Å². The molecule has 7 nitrogen and oxygen atoms in total. The Bertz CT molecular complexity index is 867. The number of carboxylic acid groups (broad SMARTS) is 1. The van der Waals surface area contributed by atoms with Crippen LogP contribution in [0.25, 0.3) is 11.0 Å². The number of nitrogens with one attached hydrogen (secondary N) is 1. The number of carboxylic acids is 1. The molecule has 0 spiro atoms. The third-order valence-corrected chi connectivity index (χ3v) is 3.74. The molecule has 24 heavy (non-hydrogen) atoms. The second kappa shape index (κ2) is 6.74. The lowest BCUT2D eigenvalue weighted by Gasteiger charge is -2.18. The van der Waals surface area contributed by atoms with Gasteiger partial charge >= 0.3 is 5.63 Å². The van der Waals surface area contributed by atoms with Crippen LogP contribution in [0.2, 0.25) is 0 Å². The van der Waals surface area contributed by atoms with Crippen molar-refractivity contribution in [3.05, 3.63) is 39.2 Å². The number of hydrogen-bond donors (Lipinski definition) is 1. The fourth-order valence-electron chi connectivity index (χ4n) is 2.33. The number of amides is 1. The molecular weight excluding hydrogens is 314 g/mol. The van der Waals surface area contributed by atoms with E-state index >= 15 is 0 Å². The Labute approximate surface area is 138 Å². The molecule has 0 bridgehead atoms. The van der Waals surface area contributed by atoms with E-state index in [1.807, 2.05) is 6.92 Å². The Morgan fingerprint density at radius 2 is 1.92 bits per heavy atom. The second-order valence-electron chi connectivity index (χ2n) is 5.63. The minimum absolute atomic E-state index is 0.375. The number of fused-ring (bicyclic) bond motifs is 1. The molecule has 7 heteroatoms. The Morgan fingerprint density at radius 3 is 2.54 bits per heavy atom. The average Bonchev–Trinajstić information content (AvgIpc) is 2.49. The van der Waals surface area contributed by atoms with Gasteiger partial charge in [-0.05, 0) is 51.0 Å². The summed E-state index contributed by atoms with van der Waals surface area (Å²) in [5, 5.41) is 13.2. The van der Waals surface area contributed by atoms with Crippen molar-refractivity contribution in [2.45, 2.75) is 33.8 Å². The summed E-state index contributed by atoms with van der Waals surface area (Å²) in [6.07, 6.45) is -0.930. The molecule has 2 rings (SSSR count). The van der Waals surface area contributed by atoms with Crippen LogP contribution < -0.4 is 20.8 Å². The van der Waals surface area contributed by atoms with E-state index in [1.165, 1.54) is 6.92 Å². The number of aliphatic carboxylic acids is 1. The summed E-state index contributed by atoms with van der Waals surface area (Å²) in [4.78, 5) is 34.1. The van der Waals surface area contributed by atoms with Gasteiger partial charge in [0.2, 0.25) is 0 Å². The van der Waals surface area contributed by atoms with Crippen LogP contribution in [-0.4, -0.2) is 24.5 Å². The van der Waals surface area contributed by atoms with Gasteiger partial charge in [0.25, 0.3) is 5.91 Å². The van der Waals surface area contributed by atoms with Crippen LogP contribution in [0.3, 0.4) is 0 Å². The number of rotatable bonds is 5. The maximum Gasteiger partial charge on any atom is 0.339 e. The minimum atomic E-state index is -1.38. The van der Waals surface area contributed by atoms with Crippen molar-refractivity contribution in [1.29, 1.82) is 0 Å². The predicted molar refractivity (Wildman–Crippen MR) is 84.8 cm³/mol. The molecule has 2 aromatic rings. The molecule has 1 heterocycles. The molecule has 0 aliphatic rings. The number of carbonyl (C=O) groups is 2. The van der Waals surface area contributed by atoms with Gasteiger partial charge < -0.3 is 24.4 Å². The van der Waals surface area contributed by atoms with Crippen LogP contribution in [0.5, 0.6) is 5.75 Å². The zero-order valence-corrected chi connectivity index (χ0v) is 13.9. The van der Waals surface area contributed by atoms with Gasteiger partial charge in [-0.3, -0.25) is 4.79 Å². The van der Waals surface area contributed by atoms with Gasteiger partial charge in [-0.2, -0.15) is 0 Å². The van der Waals surface area contributed by atoms with E-state index in [1.54, 1.807) is 26.0 Å². The van der Waals surface area contributed by atoms with Crippen LogP contribution in [-0.2, 0) is 9.59 Å². The molecule has 0 aliphatic carbocycles. The Morgan fingerprint density at radius 1 is 1.25 bits per heavy atom. The predicted octanol–water partition coefficient (Wildman–Crippen LogP) is 0.352. The van der Waals surface area contributed by atoms with Gasteiger partial charge in [-0.1, -0.05) is 0 Å². The van der Waals surface area contributed by atoms with Crippen LogP contribution in [0, 0.1) is 20.8 Å². The molecule has 1 aromatic heterocycles. The van der Waals surface area contributed by atoms with Crippen molar-refractivity contribution in [2.75, 3.05) is 6.54 Å². The maximum atomic E-state index is 11.9. The molecule has 1 atom stereocenters. The number of benzene rings is 1. The van der Waals surface area contributed by atoms with Gasteiger partial charge in [0.05, 0.1) is 17.9 Å². The lowest BCUT2D eigenvalue weighted by molar-refractivity contribution is -0.304. The molecule has 128 valence electrons. The second-order valence-corrected chi connectivity index (χ2v) is 5.63. The van der Waals surface area contributed by atoms with Crippen LogP contribution >= 0.6 is 0 Å². The Hall–Kier alpha value is -2.83. The van der Waals surface area contributed by atoms with E-state index in [0.717, 1.165) is 5.56 Å². The molecule has 0 fully saturated rings. The van der Waals surface area contributed by atoms with Gasteiger partial charge in [-0.15, -0.1) is 0 Å². The highest BCUT2D eigenvalue weighted by atomic mass is 16.5. The van der Waals surface area contributed by atoms with Crippen LogP contribution in [0.15, 0.2) is 21.3 Å². The number of ether oxygens (including phenoxy) is 1. The van der Waals surface area contributed by atoms with Gasteiger partial charge in [-0.25, -0.2) is 4.79 Å². The molecule has 0 saturated carbocycles. The van der Waals surface area contributed by atoms with E-state index in [0.29, 0.717) is 27.8 Å². The molecule has 0 saturated heterocycles. The smallest absolute Gasteiger partial charge is 0.339 e. The van der Waals surface area contributed by atoms with E-state index in [4.69, 9.17) is 9.15 Å². The van der Waals surface area contributed by atoms with Crippen LogP contribution in [0.1, 0.15) is 23.6 Å². The lowest BCUT2D eigenvalue weighted by Crippen LogP contribution is -2.43. The molecule has 0 unspecified atom stereocenters. The van der Waals surface area contributed by atoms with Gasteiger partial charge in [0.15, 0.2) is 6.10 Å². The molecule has 0 radical (unpaired) electrons. The zero-order chi connectivity index (χ0) is 18.0. The van der Waals surface area contributed by atoms with E-state index < -0.39 is 30.2 Å². The van der Waals surface area contributed by atoms with E-state index in [-0.39, 0.29) is 0 Å². The summed E-state index contributed by atoms with van der Waals surface area (Å²) in [5.74, 6) is -1.57. The standard InChI is InChI=1S/C17H19NO6/c1-8-5-12(23-11(4)16(21)18-7-14(19)20)15-9(2)10(3)17(22)24-13(15)6-8/h5-6,11H,7H2,1-4H3,(H,18,21)(H,19,20)/p-1/t11-/m0/s1. The summed E-state index contributed by atoms with van der Waals surface area (Å²) < 4.78 is 11.0. The summed E-state index contributed by atoms with van der Waals surface area (Å²) in [6, 6.07) is 3.45. The number of aryl methyl sites for hydroxylation is 2. The van der Waals surface area contributed by atoms with Crippen molar-refractivity contribution < 1.29 is 23.8 Å². The topological polar surface area (TPSA) is 109 Å². The molecular formula is C17H18NO6-. The first-order valence-electron chi connectivity index (χ1n) is 7.39. The third kappa shape index (κ3) is 3.56. The maximum absolute atomic E-state index is 11.9. The fraction of sp³-hybridized carbons (Fsp3) is 0.353. The summed E-state index contributed by atoms with van der Waals surface area (Å²) >= 11 is 0. The number of carbonyl (C=O) groups excluding carboxylic acids is 2. The summed E-state index contributed by atoms with van der Waals surface area (Å²) in [6.45, 7) is 6.15. The van der Waals surface area contributed by atoms with Gasteiger partial charge in [0.1, 0.15) is 11.3 Å². The minimum Gasteiger partial charge on any atom is -0.548 e.